The lowest BCUT2D eigenvalue weighted by Crippen LogP contribution is -2.55. The Morgan fingerprint density at radius 3 is 2.89 bits per heavy atom. The topological polar surface area (TPSA) is 33.1 Å². The number of nitrogens with one attached hydrogen (secondary N) is 1. The largest absolute Gasteiger partial charge is 0.363 e. The zero-order valence-corrected chi connectivity index (χ0v) is 12.1. The number of hydrogen-bond donors (Lipinski definition) is 1. The molecule has 0 radical (unpaired) electrons. The van der Waals surface area contributed by atoms with Crippen molar-refractivity contribution < 1.29 is 0 Å². The highest BCUT2D eigenvalue weighted by atomic mass is 15.3. The number of anilines is 1. The molecule has 1 fully saturated rings. The first-order valence-electron chi connectivity index (χ1n) is 7.18. The third kappa shape index (κ3) is 2.69. The second kappa shape index (κ2) is 5.74. The van der Waals surface area contributed by atoms with Crippen molar-refractivity contribution >= 4 is 5.69 Å². The maximum Gasteiger partial charge on any atom is 0.0855 e. The van der Waals surface area contributed by atoms with Gasteiger partial charge in [0.2, 0.25) is 0 Å². The summed E-state index contributed by atoms with van der Waals surface area (Å²) in [5.41, 5.74) is 2.55. The van der Waals surface area contributed by atoms with Crippen molar-refractivity contribution in [2.45, 2.75) is 52.1 Å². The molecule has 4 nitrogen and oxygen atoms in total. The van der Waals surface area contributed by atoms with E-state index < -0.39 is 0 Å². The number of rotatable bonds is 4. The van der Waals surface area contributed by atoms with E-state index in [4.69, 9.17) is 0 Å². The minimum atomic E-state index is 0.549. The van der Waals surface area contributed by atoms with Crippen LogP contribution in [0, 0.1) is 0 Å². The fourth-order valence-electron chi connectivity index (χ4n) is 2.82. The average Bonchev–Trinajstić information content (AvgIpc) is 2.73. The summed E-state index contributed by atoms with van der Waals surface area (Å²) >= 11 is 0. The summed E-state index contributed by atoms with van der Waals surface area (Å²) in [5.74, 6) is 0. The molecule has 0 aromatic carbocycles. The first-order valence-corrected chi connectivity index (χ1v) is 7.18. The van der Waals surface area contributed by atoms with Gasteiger partial charge in [0.05, 0.1) is 11.4 Å². The molecule has 4 heteroatoms. The van der Waals surface area contributed by atoms with E-state index in [1.807, 2.05) is 11.7 Å². The second-order valence-electron chi connectivity index (χ2n) is 5.38. The summed E-state index contributed by atoms with van der Waals surface area (Å²) in [5, 5.41) is 8.21. The van der Waals surface area contributed by atoms with Gasteiger partial charge in [0.25, 0.3) is 0 Å². The third-order valence-electron chi connectivity index (χ3n) is 3.82. The molecule has 2 atom stereocenters. The molecule has 18 heavy (non-hydrogen) atoms. The Kier molecular flexibility index (Phi) is 4.27. The Morgan fingerprint density at radius 1 is 1.44 bits per heavy atom. The molecule has 1 aromatic rings. The number of aromatic nitrogens is 2. The Hall–Kier alpha value is -1.03. The molecular weight excluding hydrogens is 224 g/mol. The molecule has 0 amide bonds. The summed E-state index contributed by atoms with van der Waals surface area (Å²) in [6, 6.07) is 1.17. The average molecular weight is 250 g/mol. The van der Waals surface area contributed by atoms with E-state index in [1.165, 1.54) is 24.2 Å². The molecule has 102 valence electrons. The minimum absolute atomic E-state index is 0.549. The zero-order valence-electron chi connectivity index (χ0n) is 12.1. The number of hydrogen-bond acceptors (Lipinski definition) is 3. The van der Waals surface area contributed by atoms with Crippen molar-refractivity contribution in [1.29, 1.82) is 0 Å². The Morgan fingerprint density at radius 2 is 2.22 bits per heavy atom. The molecule has 1 aliphatic heterocycles. The summed E-state index contributed by atoms with van der Waals surface area (Å²) in [7, 11) is 2.01. The molecular formula is C14H26N4. The molecule has 1 saturated heterocycles. The van der Waals surface area contributed by atoms with Gasteiger partial charge in [0.15, 0.2) is 0 Å². The van der Waals surface area contributed by atoms with Crippen LogP contribution in [0.1, 0.15) is 39.3 Å². The van der Waals surface area contributed by atoms with Gasteiger partial charge in [-0.25, -0.2) is 0 Å². The van der Waals surface area contributed by atoms with Gasteiger partial charge in [-0.2, -0.15) is 5.10 Å². The summed E-state index contributed by atoms with van der Waals surface area (Å²) in [4.78, 5) is 2.53. The molecule has 1 aliphatic rings. The lowest BCUT2D eigenvalue weighted by Gasteiger charge is -2.40. The molecule has 0 saturated carbocycles. The number of nitrogens with zero attached hydrogens (tertiary/aromatic N) is 3. The quantitative estimate of drug-likeness (QED) is 0.886. The highest BCUT2D eigenvalue weighted by molar-refractivity contribution is 5.51. The van der Waals surface area contributed by atoms with Gasteiger partial charge in [-0.15, -0.1) is 0 Å². The third-order valence-corrected chi connectivity index (χ3v) is 3.82. The predicted octanol–water partition coefficient (Wildman–Crippen LogP) is 1.95. The van der Waals surface area contributed by atoms with Crippen LogP contribution in [0.15, 0.2) is 6.20 Å². The maximum absolute atomic E-state index is 4.56. The highest BCUT2D eigenvalue weighted by Crippen LogP contribution is 2.24. The molecule has 2 rings (SSSR count). The maximum atomic E-state index is 4.56. The van der Waals surface area contributed by atoms with E-state index in [1.54, 1.807) is 0 Å². The monoisotopic (exact) mass is 250 g/mol. The lowest BCUT2D eigenvalue weighted by atomic mass is 10.0. The first kappa shape index (κ1) is 13.4. The molecule has 0 spiro atoms. The van der Waals surface area contributed by atoms with Crippen LogP contribution in [0.5, 0.6) is 0 Å². The fraction of sp³-hybridized carbons (Fsp3) is 0.786. The summed E-state index contributed by atoms with van der Waals surface area (Å²) in [6.45, 7) is 8.91. The molecule has 1 N–H and O–H groups in total. The standard InChI is InChI=1S/C14H26N4/c1-5-7-12-9-18(11(3)8-15-12)14-10-17(4)16-13(14)6-2/h10-12,15H,5-9H2,1-4H3. The van der Waals surface area contributed by atoms with Gasteiger partial charge >= 0.3 is 0 Å². The van der Waals surface area contributed by atoms with Crippen molar-refractivity contribution in [2.24, 2.45) is 7.05 Å². The minimum Gasteiger partial charge on any atom is -0.363 e. The number of aryl methyl sites for hydroxylation is 2. The predicted molar refractivity (Wildman–Crippen MR) is 76.1 cm³/mol. The zero-order chi connectivity index (χ0) is 13.1. The number of piperazine rings is 1. The van der Waals surface area contributed by atoms with Crippen LogP contribution in [0.4, 0.5) is 5.69 Å². The summed E-state index contributed by atoms with van der Waals surface area (Å²) in [6.07, 6.45) is 5.67. The smallest absolute Gasteiger partial charge is 0.0855 e. The van der Waals surface area contributed by atoms with Crippen LogP contribution in [-0.2, 0) is 13.5 Å². The highest BCUT2D eigenvalue weighted by Gasteiger charge is 2.26. The van der Waals surface area contributed by atoms with Gasteiger partial charge in [0.1, 0.15) is 0 Å². The van der Waals surface area contributed by atoms with E-state index in [-0.39, 0.29) is 0 Å². The van der Waals surface area contributed by atoms with E-state index in [0.717, 1.165) is 19.5 Å². The van der Waals surface area contributed by atoms with Crippen molar-refractivity contribution in [1.82, 2.24) is 15.1 Å². The van der Waals surface area contributed by atoms with Crippen LogP contribution in [-0.4, -0.2) is 35.0 Å². The van der Waals surface area contributed by atoms with Crippen molar-refractivity contribution in [3.63, 3.8) is 0 Å². The molecule has 1 aromatic heterocycles. The second-order valence-corrected chi connectivity index (χ2v) is 5.38. The Bertz CT molecular complexity index is 385. The van der Waals surface area contributed by atoms with E-state index in [9.17, 15) is 0 Å². The van der Waals surface area contributed by atoms with E-state index in [2.05, 4.69) is 42.3 Å². The van der Waals surface area contributed by atoms with Gasteiger partial charge in [-0.05, 0) is 19.8 Å². The van der Waals surface area contributed by atoms with Crippen molar-refractivity contribution in [3.8, 4) is 0 Å². The Balaban J connectivity index is 2.18. The normalized spacial score (nSPS) is 24.6. The SMILES string of the molecule is CCCC1CN(c2cn(C)nc2CC)C(C)CN1. The van der Waals surface area contributed by atoms with E-state index in [0.29, 0.717) is 12.1 Å². The fourth-order valence-corrected chi connectivity index (χ4v) is 2.82. The van der Waals surface area contributed by atoms with Crippen molar-refractivity contribution in [2.75, 3.05) is 18.0 Å². The van der Waals surface area contributed by atoms with Gasteiger partial charge in [-0.3, -0.25) is 4.68 Å². The molecule has 0 bridgehead atoms. The van der Waals surface area contributed by atoms with E-state index >= 15 is 0 Å². The van der Waals surface area contributed by atoms with Gasteiger partial charge in [-0.1, -0.05) is 20.3 Å². The molecule has 0 aliphatic carbocycles. The van der Waals surface area contributed by atoms with Crippen LogP contribution < -0.4 is 10.2 Å². The van der Waals surface area contributed by atoms with Gasteiger partial charge in [0, 0.05) is 38.4 Å². The molecule has 2 heterocycles. The molecule has 2 unspecified atom stereocenters. The van der Waals surface area contributed by atoms with Crippen LogP contribution in [0.2, 0.25) is 0 Å². The van der Waals surface area contributed by atoms with Crippen LogP contribution in [0.25, 0.3) is 0 Å². The van der Waals surface area contributed by atoms with Crippen molar-refractivity contribution in [3.05, 3.63) is 11.9 Å². The first-order chi connectivity index (χ1) is 8.65. The lowest BCUT2D eigenvalue weighted by molar-refractivity contribution is 0.386. The van der Waals surface area contributed by atoms with Gasteiger partial charge < -0.3 is 10.2 Å². The Labute approximate surface area is 110 Å². The summed E-state index contributed by atoms with van der Waals surface area (Å²) < 4.78 is 1.94. The van der Waals surface area contributed by atoms with Crippen LogP contribution in [0.3, 0.4) is 0 Å². The van der Waals surface area contributed by atoms with Crippen LogP contribution >= 0.6 is 0 Å².